The molecule has 0 amide bonds. The lowest BCUT2D eigenvalue weighted by Crippen LogP contribution is -2.03. The van der Waals surface area contributed by atoms with E-state index < -0.39 is 4.92 Å². The second kappa shape index (κ2) is 4.34. The van der Waals surface area contributed by atoms with E-state index in [1.807, 2.05) is 0 Å². The zero-order valence-corrected chi connectivity index (χ0v) is 10.3. The van der Waals surface area contributed by atoms with E-state index in [0.717, 1.165) is 0 Å². The summed E-state index contributed by atoms with van der Waals surface area (Å²) in [5.74, 6) is 0.177. The number of non-ortho nitro benzene ring substituents is 1. The third kappa shape index (κ3) is 1.87. The van der Waals surface area contributed by atoms with Crippen molar-refractivity contribution in [3.8, 4) is 5.75 Å². The van der Waals surface area contributed by atoms with E-state index in [1.54, 1.807) is 18.2 Å². The maximum atomic E-state index is 12.4. The van der Waals surface area contributed by atoms with Crippen molar-refractivity contribution in [2.45, 2.75) is 6.61 Å². The van der Waals surface area contributed by atoms with Crippen LogP contribution in [0.4, 0.5) is 11.4 Å². The summed E-state index contributed by atoms with van der Waals surface area (Å²) >= 11 is 0. The lowest BCUT2D eigenvalue weighted by atomic mass is 9.98. The van der Waals surface area contributed by atoms with Crippen molar-refractivity contribution in [2.75, 3.05) is 5.73 Å². The molecule has 0 bridgehead atoms. The molecule has 0 saturated carbocycles. The minimum absolute atomic E-state index is 0.0642. The van der Waals surface area contributed by atoms with E-state index in [4.69, 9.17) is 10.5 Å². The van der Waals surface area contributed by atoms with Crippen LogP contribution < -0.4 is 10.5 Å². The Hall–Kier alpha value is -2.89. The number of carbonyl (C=O) groups is 1. The van der Waals surface area contributed by atoms with E-state index in [2.05, 4.69) is 0 Å². The van der Waals surface area contributed by atoms with E-state index in [9.17, 15) is 14.9 Å². The lowest BCUT2D eigenvalue weighted by molar-refractivity contribution is -0.384. The van der Waals surface area contributed by atoms with Crippen LogP contribution in [0.2, 0.25) is 0 Å². The van der Waals surface area contributed by atoms with Crippen molar-refractivity contribution in [2.24, 2.45) is 0 Å². The minimum Gasteiger partial charge on any atom is -0.488 e. The lowest BCUT2D eigenvalue weighted by Gasteiger charge is -2.06. The van der Waals surface area contributed by atoms with Crippen LogP contribution in [0, 0.1) is 10.1 Å². The zero-order chi connectivity index (χ0) is 14.3. The van der Waals surface area contributed by atoms with Crippen LogP contribution >= 0.6 is 0 Å². The molecule has 0 fully saturated rings. The van der Waals surface area contributed by atoms with Gasteiger partial charge in [0, 0.05) is 35.0 Å². The van der Waals surface area contributed by atoms with E-state index in [0.29, 0.717) is 28.1 Å². The number of rotatable bonds is 1. The molecule has 3 rings (SSSR count). The molecule has 6 heteroatoms. The fraction of sp³-hybridized carbons (Fsp3) is 0.0714. The van der Waals surface area contributed by atoms with Gasteiger partial charge in [-0.15, -0.1) is 0 Å². The Labute approximate surface area is 113 Å². The predicted molar refractivity (Wildman–Crippen MR) is 71.7 cm³/mol. The third-order valence-corrected chi connectivity index (χ3v) is 3.18. The molecule has 0 unspecified atom stereocenters. The fourth-order valence-electron chi connectivity index (χ4n) is 2.18. The standard InChI is InChI=1S/C14H10N2O4/c15-9-1-3-12-13(6-9)20-7-8-5-10(16(18)19)2-4-11(8)14(12)17/h1-6H,7,15H2. The second-order valence-electron chi connectivity index (χ2n) is 4.47. The third-order valence-electron chi connectivity index (χ3n) is 3.18. The maximum Gasteiger partial charge on any atom is 0.269 e. The van der Waals surface area contributed by atoms with E-state index in [-0.39, 0.29) is 18.1 Å². The highest BCUT2D eigenvalue weighted by atomic mass is 16.6. The van der Waals surface area contributed by atoms with Gasteiger partial charge in [0.2, 0.25) is 0 Å². The van der Waals surface area contributed by atoms with Crippen molar-refractivity contribution in [3.63, 3.8) is 0 Å². The highest BCUT2D eigenvalue weighted by molar-refractivity contribution is 6.12. The molecule has 1 aliphatic heterocycles. The number of hydrogen-bond donors (Lipinski definition) is 1. The summed E-state index contributed by atoms with van der Waals surface area (Å²) in [4.78, 5) is 22.7. The van der Waals surface area contributed by atoms with Gasteiger partial charge >= 0.3 is 0 Å². The maximum absolute atomic E-state index is 12.4. The average Bonchev–Trinajstić information content (AvgIpc) is 2.56. The second-order valence-corrected chi connectivity index (χ2v) is 4.47. The van der Waals surface area contributed by atoms with Gasteiger partial charge in [-0.05, 0) is 18.2 Å². The van der Waals surface area contributed by atoms with Crippen LogP contribution in [0.5, 0.6) is 5.75 Å². The van der Waals surface area contributed by atoms with Crippen LogP contribution in [0.25, 0.3) is 0 Å². The molecule has 20 heavy (non-hydrogen) atoms. The number of benzene rings is 2. The molecule has 2 N–H and O–H groups in total. The molecule has 1 aliphatic rings. The highest BCUT2D eigenvalue weighted by Crippen LogP contribution is 2.31. The van der Waals surface area contributed by atoms with Gasteiger partial charge < -0.3 is 10.5 Å². The van der Waals surface area contributed by atoms with E-state index >= 15 is 0 Å². The van der Waals surface area contributed by atoms with Crippen LogP contribution in [0.15, 0.2) is 36.4 Å². The molecule has 0 radical (unpaired) electrons. The Morgan fingerprint density at radius 1 is 1.15 bits per heavy atom. The van der Waals surface area contributed by atoms with Crippen molar-refractivity contribution in [1.82, 2.24) is 0 Å². The number of hydrogen-bond acceptors (Lipinski definition) is 5. The summed E-state index contributed by atoms with van der Waals surface area (Å²) in [6.07, 6.45) is 0. The molecular formula is C14H10N2O4. The first-order chi connectivity index (χ1) is 9.56. The average molecular weight is 270 g/mol. The number of nitrogens with two attached hydrogens (primary N) is 1. The summed E-state index contributed by atoms with van der Waals surface area (Å²) < 4.78 is 5.54. The Balaban J connectivity index is 2.14. The molecule has 100 valence electrons. The number of ketones is 1. The summed E-state index contributed by atoms with van der Waals surface area (Å²) in [6.45, 7) is 0.0964. The smallest absolute Gasteiger partial charge is 0.269 e. The highest BCUT2D eigenvalue weighted by Gasteiger charge is 2.24. The van der Waals surface area contributed by atoms with Gasteiger partial charge in [0.05, 0.1) is 10.5 Å². The normalized spacial score (nSPS) is 12.9. The van der Waals surface area contributed by atoms with Gasteiger partial charge in [-0.25, -0.2) is 0 Å². The molecule has 0 spiro atoms. The SMILES string of the molecule is Nc1ccc2c(c1)OCc1cc([N+](=O)[O-])ccc1C2=O. The van der Waals surface area contributed by atoms with Crippen molar-refractivity contribution < 1.29 is 14.5 Å². The van der Waals surface area contributed by atoms with Gasteiger partial charge in [0.15, 0.2) is 5.78 Å². The van der Waals surface area contributed by atoms with Gasteiger partial charge in [0.1, 0.15) is 12.4 Å². The summed E-state index contributed by atoms with van der Waals surface area (Å²) in [5.41, 5.74) is 7.42. The number of anilines is 1. The molecular weight excluding hydrogens is 260 g/mol. The van der Waals surface area contributed by atoms with Crippen LogP contribution in [0.3, 0.4) is 0 Å². The number of carbonyl (C=O) groups excluding carboxylic acids is 1. The molecule has 0 aromatic heterocycles. The molecule has 2 aromatic rings. The fourth-order valence-corrected chi connectivity index (χ4v) is 2.18. The number of nitro benzene ring substituents is 1. The summed E-state index contributed by atoms with van der Waals surface area (Å²) in [6, 6.07) is 8.94. The number of nitro groups is 1. The molecule has 6 nitrogen and oxygen atoms in total. The predicted octanol–water partition coefficient (Wildman–Crippen LogP) is 2.30. The van der Waals surface area contributed by atoms with Crippen molar-refractivity contribution >= 4 is 17.2 Å². The minimum atomic E-state index is -0.499. The number of nitrogens with zero attached hydrogens (tertiary/aromatic N) is 1. The van der Waals surface area contributed by atoms with Gasteiger partial charge in [-0.1, -0.05) is 0 Å². The molecule has 2 aromatic carbocycles. The van der Waals surface area contributed by atoms with Gasteiger partial charge in [0.25, 0.3) is 5.69 Å². The molecule has 0 atom stereocenters. The van der Waals surface area contributed by atoms with E-state index in [1.165, 1.54) is 18.2 Å². The Kier molecular flexibility index (Phi) is 2.64. The Morgan fingerprint density at radius 3 is 2.65 bits per heavy atom. The summed E-state index contributed by atoms with van der Waals surface area (Å²) in [7, 11) is 0. The summed E-state index contributed by atoms with van der Waals surface area (Å²) in [5, 5.41) is 10.8. The number of nitrogen functional groups attached to an aromatic ring is 1. The largest absolute Gasteiger partial charge is 0.488 e. The monoisotopic (exact) mass is 270 g/mol. The van der Waals surface area contributed by atoms with Gasteiger partial charge in [-0.2, -0.15) is 0 Å². The first-order valence-electron chi connectivity index (χ1n) is 5.90. The Morgan fingerprint density at radius 2 is 1.90 bits per heavy atom. The first kappa shape index (κ1) is 12.2. The molecule has 0 saturated heterocycles. The zero-order valence-electron chi connectivity index (χ0n) is 10.3. The van der Waals surface area contributed by atoms with Crippen molar-refractivity contribution in [1.29, 1.82) is 0 Å². The molecule has 0 aliphatic carbocycles. The van der Waals surface area contributed by atoms with Crippen molar-refractivity contribution in [3.05, 3.63) is 63.2 Å². The number of ether oxygens (including phenoxy) is 1. The quantitative estimate of drug-likeness (QED) is 0.487. The van der Waals surface area contributed by atoms with Crippen LogP contribution in [-0.2, 0) is 6.61 Å². The number of fused-ring (bicyclic) bond motifs is 2. The van der Waals surface area contributed by atoms with Crippen LogP contribution in [-0.4, -0.2) is 10.7 Å². The van der Waals surface area contributed by atoms with Crippen LogP contribution in [0.1, 0.15) is 21.5 Å². The topological polar surface area (TPSA) is 95.5 Å². The van der Waals surface area contributed by atoms with Gasteiger partial charge in [-0.3, -0.25) is 14.9 Å². The molecule has 1 heterocycles. The first-order valence-corrected chi connectivity index (χ1v) is 5.90. The Bertz CT molecular complexity index is 740.